The summed E-state index contributed by atoms with van der Waals surface area (Å²) in [4.78, 5) is 26.2. The molecule has 1 heterocycles. The number of rotatable bonds is 4. The van der Waals surface area contributed by atoms with Crippen molar-refractivity contribution >= 4 is 11.8 Å². The minimum atomic E-state index is -0.800. The number of ether oxygens (including phenoxy) is 1. The number of amides is 2. The van der Waals surface area contributed by atoms with E-state index in [1.807, 2.05) is 30.3 Å². The molecular weight excluding hydrogens is 323 g/mol. The zero-order valence-electron chi connectivity index (χ0n) is 13.8. The van der Waals surface area contributed by atoms with E-state index < -0.39 is 12.1 Å². The normalized spacial score (nSPS) is 20.4. The van der Waals surface area contributed by atoms with Crippen molar-refractivity contribution in [3.05, 3.63) is 71.5 Å². The maximum absolute atomic E-state index is 13.0. The van der Waals surface area contributed by atoms with Gasteiger partial charge in [-0.2, -0.15) is 0 Å². The summed E-state index contributed by atoms with van der Waals surface area (Å²) in [6, 6.07) is 14.7. The summed E-state index contributed by atoms with van der Waals surface area (Å²) in [5.74, 6) is -0.802. The zero-order valence-corrected chi connectivity index (χ0v) is 13.8. The monoisotopic (exact) mass is 342 g/mol. The van der Waals surface area contributed by atoms with E-state index >= 15 is 0 Å². The lowest BCUT2D eigenvalue weighted by Crippen LogP contribution is -2.52. The van der Waals surface area contributed by atoms with Crippen LogP contribution in [0.15, 0.2) is 54.6 Å². The highest BCUT2D eigenvalue weighted by Crippen LogP contribution is 2.29. The van der Waals surface area contributed by atoms with E-state index in [1.165, 1.54) is 12.1 Å². The lowest BCUT2D eigenvalue weighted by molar-refractivity contribution is -0.162. The van der Waals surface area contributed by atoms with Crippen LogP contribution in [0.4, 0.5) is 4.39 Å². The third-order valence-electron chi connectivity index (χ3n) is 4.26. The highest BCUT2D eigenvalue weighted by atomic mass is 19.1. The molecule has 0 aromatic heterocycles. The quantitative estimate of drug-likeness (QED) is 0.925. The molecule has 1 N–H and O–H groups in total. The fourth-order valence-corrected chi connectivity index (χ4v) is 2.87. The van der Waals surface area contributed by atoms with Crippen LogP contribution in [0.25, 0.3) is 0 Å². The molecule has 2 aromatic rings. The van der Waals surface area contributed by atoms with E-state index in [0.29, 0.717) is 0 Å². The van der Waals surface area contributed by atoms with E-state index in [1.54, 1.807) is 24.1 Å². The highest BCUT2D eigenvalue weighted by Gasteiger charge is 2.39. The van der Waals surface area contributed by atoms with Gasteiger partial charge < -0.3 is 15.0 Å². The lowest BCUT2D eigenvalue weighted by Gasteiger charge is -2.38. The Morgan fingerprint density at radius 1 is 1.20 bits per heavy atom. The van der Waals surface area contributed by atoms with Gasteiger partial charge in [-0.1, -0.05) is 42.5 Å². The third-order valence-corrected chi connectivity index (χ3v) is 4.26. The minimum absolute atomic E-state index is 0.130. The van der Waals surface area contributed by atoms with Gasteiger partial charge in [0.05, 0.1) is 6.04 Å². The van der Waals surface area contributed by atoms with E-state index in [0.717, 1.165) is 11.1 Å². The predicted molar refractivity (Wildman–Crippen MR) is 89.9 cm³/mol. The topological polar surface area (TPSA) is 58.6 Å². The van der Waals surface area contributed by atoms with E-state index in [9.17, 15) is 14.0 Å². The van der Waals surface area contributed by atoms with Gasteiger partial charge in [-0.05, 0) is 23.3 Å². The summed E-state index contributed by atoms with van der Waals surface area (Å²) >= 11 is 0. The Balaban J connectivity index is 1.74. The van der Waals surface area contributed by atoms with E-state index in [4.69, 9.17) is 4.74 Å². The van der Waals surface area contributed by atoms with Crippen LogP contribution >= 0.6 is 0 Å². The smallest absolute Gasteiger partial charge is 0.251 e. The fourth-order valence-electron chi connectivity index (χ4n) is 2.87. The second-order valence-corrected chi connectivity index (χ2v) is 5.94. The van der Waals surface area contributed by atoms with Gasteiger partial charge in [-0.15, -0.1) is 0 Å². The molecule has 2 aromatic carbocycles. The maximum Gasteiger partial charge on any atom is 0.251 e. The summed E-state index contributed by atoms with van der Waals surface area (Å²) in [6.07, 6.45) is -0.800. The molecule has 130 valence electrons. The second kappa shape index (κ2) is 7.44. The van der Waals surface area contributed by atoms with Crippen LogP contribution in [-0.2, 0) is 20.9 Å². The van der Waals surface area contributed by atoms with Crippen molar-refractivity contribution in [3.8, 4) is 0 Å². The van der Waals surface area contributed by atoms with E-state index in [2.05, 4.69) is 5.32 Å². The molecule has 0 aliphatic carbocycles. The van der Waals surface area contributed by atoms with Gasteiger partial charge in [0.1, 0.15) is 12.4 Å². The summed E-state index contributed by atoms with van der Waals surface area (Å²) in [5.41, 5.74) is 1.62. The molecule has 2 amide bonds. The number of carbonyl (C=O) groups excluding carboxylic acids is 2. The fraction of sp³-hybridized carbons (Fsp3) is 0.263. The Labute approximate surface area is 145 Å². The zero-order chi connectivity index (χ0) is 17.8. The Bertz CT molecular complexity index is 749. The number of nitrogens with one attached hydrogen (secondary N) is 1. The van der Waals surface area contributed by atoms with Crippen molar-refractivity contribution in [3.63, 3.8) is 0 Å². The van der Waals surface area contributed by atoms with Crippen molar-refractivity contribution in [1.82, 2.24) is 10.2 Å². The van der Waals surface area contributed by atoms with Gasteiger partial charge in [-0.25, -0.2) is 4.39 Å². The number of hydrogen-bond acceptors (Lipinski definition) is 3. The molecule has 5 nitrogen and oxygen atoms in total. The maximum atomic E-state index is 13.0. The van der Waals surface area contributed by atoms with E-state index in [-0.39, 0.29) is 30.8 Å². The first kappa shape index (κ1) is 17.1. The molecule has 2 atom stereocenters. The Morgan fingerprint density at radius 3 is 2.56 bits per heavy atom. The third kappa shape index (κ3) is 3.85. The second-order valence-electron chi connectivity index (χ2n) is 5.94. The molecule has 0 saturated carbocycles. The molecular formula is C19H19FN2O3. The largest absolute Gasteiger partial charge is 0.356 e. The number of hydrogen-bond donors (Lipinski definition) is 1. The summed E-state index contributed by atoms with van der Waals surface area (Å²) in [7, 11) is 1.67. The van der Waals surface area contributed by atoms with Crippen LogP contribution in [0.1, 0.15) is 17.2 Å². The molecule has 1 aliphatic rings. The minimum Gasteiger partial charge on any atom is -0.356 e. The number of halogens is 1. The molecule has 0 bridgehead atoms. The first-order valence-electron chi connectivity index (χ1n) is 8.00. The molecule has 3 rings (SSSR count). The summed E-state index contributed by atoms with van der Waals surface area (Å²) < 4.78 is 18.5. The average Bonchev–Trinajstić information content (AvgIpc) is 2.64. The molecule has 1 fully saturated rings. The van der Waals surface area contributed by atoms with Gasteiger partial charge in [0.15, 0.2) is 6.10 Å². The molecule has 0 unspecified atom stereocenters. The van der Waals surface area contributed by atoms with Crippen molar-refractivity contribution < 1.29 is 18.7 Å². The first-order valence-corrected chi connectivity index (χ1v) is 8.00. The van der Waals surface area contributed by atoms with Crippen LogP contribution in [0.5, 0.6) is 0 Å². The van der Waals surface area contributed by atoms with Crippen LogP contribution < -0.4 is 5.32 Å². The van der Waals surface area contributed by atoms with Crippen molar-refractivity contribution in [2.75, 3.05) is 13.7 Å². The number of carbonyl (C=O) groups is 2. The van der Waals surface area contributed by atoms with Crippen molar-refractivity contribution in [1.29, 1.82) is 0 Å². The highest BCUT2D eigenvalue weighted by molar-refractivity contribution is 5.86. The van der Waals surface area contributed by atoms with Gasteiger partial charge >= 0.3 is 0 Å². The van der Waals surface area contributed by atoms with Gasteiger partial charge in [-0.3, -0.25) is 9.59 Å². The van der Waals surface area contributed by atoms with Crippen LogP contribution in [0.3, 0.4) is 0 Å². The number of benzene rings is 2. The molecule has 1 saturated heterocycles. The average molecular weight is 342 g/mol. The van der Waals surface area contributed by atoms with Crippen molar-refractivity contribution in [2.45, 2.75) is 18.7 Å². The SMILES string of the molecule is CN1C(=O)CO[C@@H](C(=O)NCc2ccc(F)cc2)[C@H]1c1ccccc1. The molecule has 6 heteroatoms. The number of nitrogens with zero attached hydrogens (tertiary/aromatic N) is 1. The van der Waals surface area contributed by atoms with Crippen LogP contribution in [-0.4, -0.2) is 36.5 Å². The van der Waals surface area contributed by atoms with Crippen molar-refractivity contribution in [2.24, 2.45) is 0 Å². The summed E-state index contributed by atoms with van der Waals surface area (Å²) in [6.45, 7) is 0.132. The molecule has 25 heavy (non-hydrogen) atoms. The predicted octanol–water partition coefficient (Wildman–Crippen LogP) is 2.04. The van der Waals surface area contributed by atoms with Crippen LogP contribution in [0, 0.1) is 5.82 Å². The Kier molecular flexibility index (Phi) is 5.09. The van der Waals surface area contributed by atoms with Gasteiger partial charge in [0.25, 0.3) is 5.91 Å². The Morgan fingerprint density at radius 2 is 1.88 bits per heavy atom. The lowest BCUT2D eigenvalue weighted by atomic mass is 9.97. The summed E-state index contributed by atoms with van der Waals surface area (Å²) in [5, 5.41) is 2.80. The Hall–Kier alpha value is -2.73. The van der Waals surface area contributed by atoms with Gasteiger partial charge in [0.2, 0.25) is 5.91 Å². The number of morpholine rings is 1. The standard InChI is InChI=1S/C19H19FN2O3/c1-22-16(23)12-25-18(17(22)14-5-3-2-4-6-14)19(24)21-11-13-7-9-15(20)10-8-13/h2-10,17-18H,11-12H2,1H3,(H,21,24)/t17-,18-/m1/s1. The van der Waals surface area contributed by atoms with Crippen LogP contribution in [0.2, 0.25) is 0 Å². The molecule has 1 aliphatic heterocycles. The molecule has 0 radical (unpaired) electrons. The van der Waals surface area contributed by atoms with Gasteiger partial charge in [0, 0.05) is 13.6 Å². The number of likely N-dealkylation sites (N-methyl/N-ethyl adjacent to an activating group) is 1. The first-order chi connectivity index (χ1) is 12.1. The molecule has 0 spiro atoms.